The summed E-state index contributed by atoms with van der Waals surface area (Å²) in [6.07, 6.45) is 1.42. The summed E-state index contributed by atoms with van der Waals surface area (Å²) in [6.45, 7) is 4.69. The van der Waals surface area contributed by atoms with E-state index in [9.17, 15) is 9.59 Å². The average molecular weight is 392 g/mol. The highest BCUT2D eigenvalue weighted by Gasteiger charge is 2.32. The quantitative estimate of drug-likeness (QED) is 0.518. The number of carboxylic acid groups (broad SMARTS) is 1. The molecule has 0 bridgehead atoms. The van der Waals surface area contributed by atoms with Gasteiger partial charge in [0.05, 0.1) is 18.7 Å². The molecule has 0 saturated carbocycles. The van der Waals surface area contributed by atoms with Crippen LogP contribution in [0.4, 0.5) is 0 Å². The summed E-state index contributed by atoms with van der Waals surface area (Å²) in [7, 11) is 3.97. The number of aliphatic carboxylic acids is 1. The van der Waals surface area contributed by atoms with Crippen LogP contribution in [0.5, 0.6) is 5.75 Å². The molecule has 146 valence electrons. The smallest absolute Gasteiger partial charge is 0.305 e. The maximum absolute atomic E-state index is 11.7. The molecular formula is C18H24N4O4S. The minimum absolute atomic E-state index is 0.0820. The van der Waals surface area contributed by atoms with Crippen molar-refractivity contribution in [1.82, 2.24) is 10.2 Å². The molecule has 0 aliphatic carbocycles. The van der Waals surface area contributed by atoms with E-state index in [0.717, 1.165) is 35.2 Å². The molecule has 2 rings (SSSR count). The third kappa shape index (κ3) is 6.69. The van der Waals surface area contributed by atoms with Crippen molar-refractivity contribution in [2.24, 2.45) is 10.2 Å². The number of benzene rings is 1. The Bertz CT molecular complexity index is 762. The second-order valence-corrected chi connectivity index (χ2v) is 7.81. The van der Waals surface area contributed by atoms with Gasteiger partial charge in [0.25, 0.3) is 0 Å². The van der Waals surface area contributed by atoms with Gasteiger partial charge in [0, 0.05) is 12.1 Å². The van der Waals surface area contributed by atoms with Gasteiger partial charge in [0.1, 0.15) is 11.0 Å². The summed E-state index contributed by atoms with van der Waals surface area (Å²) >= 11 is 1.07. The molecule has 1 fully saturated rings. The van der Waals surface area contributed by atoms with Gasteiger partial charge in [-0.05, 0) is 51.7 Å². The van der Waals surface area contributed by atoms with E-state index in [-0.39, 0.29) is 18.4 Å². The molecule has 0 aromatic heterocycles. The standard InChI is InChI=1S/C18H24N4O4S/c1-11(2)26-14-6-5-12(7-13(14)10-22(3)4)9-19-21-18-20-17(25)15(27-18)8-16(23)24/h5-7,9,11,15H,8,10H2,1-4H3,(H,23,24)(H,20,21,25). The van der Waals surface area contributed by atoms with Gasteiger partial charge in [-0.25, -0.2) is 0 Å². The number of nitrogens with one attached hydrogen (secondary N) is 1. The number of amides is 1. The zero-order valence-corrected chi connectivity index (χ0v) is 16.6. The third-order valence-electron chi connectivity index (χ3n) is 3.43. The molecule has 1 saturated heterocycles. The number of hydrogen-bond acceptors (Lipinski definition) is 7. The maximum Gasteiger partial charge on any atom is 0.305 e. The summed E-state index contributed by atoms with van der Waals surface area (Å²) < 4.78 is 5.84. The van der Waals surface area contributed by atoms with Crippen LogP contribution in [-0.2, 0) is 16.1 Å². The lowest BCUT2D eigenvalue weighted by molar-refractivity contribution is -0.138. The van der Waals surface area contributed by atoms with E-state index in [1.807, 2.05) is 46.1 Å². The Hall–Kier alpha value is -2.39. The van der Waals surface area contributed by atoms with E-state index >= 15 is 0 Å². The zero-order valence-electron chi connectivity index (χ0n) is 15.8. The highest BCUT2D eigenvalue weighted by molar-refractivity contribution is 8.15. The molecule has 1 aromatic rings. The Kier molecular flexibility index (Phi) is 7.37. The van der Waals surface area contributed by atoms with Crippen molar-refractivity contribution in [3.63, 3.8) is 0 Å². The Morgan fingerprint density at radius 3 is 2.81 bits per heavy atom. The molecule has 9 heteroatoms. The van der Waals surface area contributed by atoms with Gasteiger partial charge in [-0.15, -0.1) is 5.10 Å². The first-order valence-electron chi connectivity index (χ1n) is 8.49. The van der Waals surface area contributed by atoms with Crippen molar-refractivity contribution in [1.29, 1.82) is 0 Å². The second kappa shape index (κ2) is 9.52. The van der Waals surface area contributed by atoms with Gasteiger partial charge >= 0.3 is 5.97 Å². The van der Waals surface area contributed by atoms with E-state index in [4.69, 9.17) is 9.84 Å². The lowest BCUT2D eigenvalue weighted by atomic mass is 10.1. The van der Waals surface area contributed by atoms with Crippen LogP contribution in [0, 0.1) is 0 Å². The second-order valence-electron chi connectivity index (χ2n) is 6.61. The van der Waals surface area contributed by atoms with Gasteiger partial charge in [-0.3, -0.25) is 9.59 Å². The summed E-state index contributed by atoms with van der Waals surface area (Å²) in [5.41, 5.74) is 1.89. The number of thioether (sulfide) groups is 1. The van der Waals surface area contributed by atoms with E-state index in [0.29, 0.717) is 5.17 Å². The molecule has 1 aromatic carbocycles. The van der Waals surface area contributed by atoms with Crippen molar-refractivity contribution >= 4 is 35.0 Å². The molecule has 1 unspecified atom stereocenters. The van der Waals surface area contributed by atoms with Crippen LogP contribution in [0.1, 0.15) is 31.4 Å². The molecule has 0 spiro atoms. The Labute approximate surface area is 162 Å². The molecule has 0 radical (unpaired) electrons. The highest BCUT2D eigenvalue weighted by Crippen LogP contribution is 2.23. The summed E-state index contributed by atoms with van der Waals surface area (Å²) in [4.78, 5) is 24.5. The van der Waals surface area contributed by atoms with Crippen LogP contribution in [-0.4, -0.2) is 58.7 Å². The van der Waals surface area contributed by atoms with Crippen molar-refractivity contribution in [2.75, 3.05) is 14.1 Å². The average Bonchev–Trinajstić information content (AvgIpc) is 2.88. The van der Waals surface area contributed by atoms with Crippen molar-refractivity contribution < 1.29 is 19.4 Å². The first-order valence-corrected chi connectivity index (χ1v) is 9.37. The van der Waals surface area contributed by atoms with Crippen LogP contribution in [0.3, 0.4) is 0 Å². The van der Waals surface area contributed by atoms with Crippen LogP contribution in [0.15, 0.2) is 28.4 Å². The van der Waals surface area contributed by atoms with Crippen molar-refractivity contribution in [3.8, 4) is 5.75 Å². The molecule has 1 heterocycles. The molecule has 1 aliphatic rings. The molecule has 1 atom stereocenters. The predicted molar refractivity (Wildman–Crippen MR) is 106 cm³/mol. The van der Waals surface area contributed by atoms with Gasteiger partial charge in [-0.1, -0.05) is 11.8 Å². The number of ether oxygens (including phenoxy) is 1. The first-order chi connectivity index (χ1) is 12.7. The number of hydrogen-bond donors (Lipinski definition) is 2. The van der Waals surface area contributed by atoms with E-state index < -0.39 is 11.2 Å². The maximum atomic E-state index is 11.7. The largest absolute Gasteiger partial charge is 0.491 e. The van der Waals surface area contributed by atoms with E-state index in [2.05, 4.69) is 20.4 Å². The van der Waals surface area contributed by atoms with E-state index in [1.165, 1.54) is 0 Å². The predicted octanol–water partition coefficient (Wildman–Crippen LogP) is 1.93. The Morgan fingerprint density at radius 1 is 1.44 bits per heavy atom. The highest BCUT2D eigenvalue weighted by atomic mass is 32.2. The van der Waals surface area contributed by atoms with Crippen LogP contribution < -0.4 is 10.1 Å². The SMILES string of the molecule is CC(C)Oc1ccc(C=NN=C2NC(=O)C(CC(=O)O)S2)cc1CN(C)C. The zero-order chi connectivity index (χ0) is 20.0. The monoisotopic (exact) mass is 392 g/mol. The van der Waals surface area contributed by atoms with Crippen LogP contribution in [0.2, 0.25) is 0 Å². The lowest BCUT2D eigenvalue weighted by Crippen LogP contribution is -2.26. The fraction of sp³-hybridized carbons (Fsp3) is 0.444. The Balaban J connectivity index is 2.10. The minimum Gasteiger partial charge on any atom is -0.491 e. The fourth-order valence-corrected chi connectivity index (χ4v) is 3.32. The topological polar surface area (TPSA) is 104 Å². The summed E-state index contributed by atoms with van der Waals surface area (Å²) in [5.74, 6) is -0.554. The molecular weight excluding hydrogens is 368 g/mol. The Morgan fingerprint density at radius 2 is 2.19 bits per heavy atom. The first kappa shape index (κ1) is 20.9. The molecule has 2 N–H and O–H groups in total. The number of rotatable bonds is 8. The van der Waals surface area contributed by atoms with Crippen LogP contribution in [0.25, 0.3) is 0 Å². The molecule has 1 aliphatic heterocycles. The fourth-order valence-electron chi connectivity index (χ4n) is 2.41. The number of carbonyl (C=O) groups is 2. The number of nitrogens with zero attached hydrogens (tertiary/aromatic N) is 3. The van der Waals surface area contributed by atoms with Gasteiger partial charge in [0.2, 0.25) is 5.91 Å². The number of carbonyl (C=O) groups excluding carboxylic acids is 1. The number of amidine groups is 1. The number of carboxylic acids is 1. The van der Waals surface area contributed by atoms with Gasteiger partial charge < -0.3 is 20.1 Å². The van der Waals surface area contributed by atoms with Crippen LogP contribution >= 0.6 is 11.8 Å². The normalized spacial score (nSPS) is 18.7. The lowest BCUT2D eigenvalue weighted by Gasteiger charge is -2.17. The third-order valence-corrected chi connectivity index (χ3v) is 4.50. The van der Waals surface area contributed by atoms with Gasteiger partial charge in [0.15, 0.2) is 5.17 Å². The molecule has 1 amide bonds. The molecule has 8 nitrogen and oxygen atoms in total. The molecule has 27 heavy (non-hydrogen) atoms. The van der Waals surface area contributed by atoms with E-state index in [1.54, 1.807) is 6.21 Å². The summed E-state index contributed by atoms with van der Waals surface area (Å²) in [5, 5.41) is 18.9. The summed E-state index contributed by atoms with van der Waals surface area (Å²) in [6, 6.07) is 5.77. The van der Waals surface area contributed by atoms with Gasteiger partial charge in [-0.2, -0.15) is 5.10 Å². The van der Waals surface area contributed by atoms with Crippen molar-refractivity contribution in [3.05, 3.63) is 29.3 Å². The minimum atomic E-state index is -1.02. The van der Waals surface area contributed by atoms with Crippen molar-refractivity contribution in [2.45, 2.75) is 38.2 Å².